The van der Waals surface area contributed by atoms with E-state index in [9.17, 15) is 4.79 Å². The van der Waals surface area contributed by atoms with Crippen LogP contribution < -0.4 is 5.32 Å². The Bertz CT molecular complexity index is 469. The smallest absolute Gasteiger partial charge is 0.302 e. The lowest BCUT2D eigenvalue weighted by atomic mass is 10.1. The Kier molecular flexibility index (Phi) is 2.90. The Balaban J connectivity index is 2.12. The van der Waals surface area contributed by atoms with Crippen LogP contribution in [0, 0.1) is 5.92 Å². The summed E-state index contributed by atoms with van der Waals surface area (Å²) in [4.78, 5) is 15.6. The first kappa shape index (κ1) is 10.7. The lowest BCUT2D eigenvalue weighted by molar-refractivity contribution is -0.116. The van der Waals surface area contributed by atoms with E-state index < -0.39 is 0 Å². The molecule has 0 unspecified atom stereocenters. The highest BCUT2D eigenvalue weighted by atomic mass is 16.4. The third-order valence-electron chi connectivity index (χ3n) is 2.13. The molecule has 16 heavy (non-hydrogen) atoms. The maximum absolute atomic E-state index is 11.5. The van der Waals surface area contributed by atoms with Crippen molar-refractivity contribution in [1.29, 1.82) is 0 Å². The van der Waals surface area contributed by atoms with Crippen molar-refractivity contribution in [3.63, 3.8) is 0 Å². The van der Waals surface area contributed by atoms with Gasteiger partial charge in [-0.25, -0.2) is 0 Å². The molecule has 0 bridgehead atoms. The van der Waals surface area contributed by atoms with Gasteiger partial charge in [0.05, 0.1) is 0 Å². The van der Waals surface area contributed by atoms with Gasteiger partial charge in [0.2, 0.25) is 5.91 Å². The van der Waals surface area contributed by atoms with Crippen LogP contribution in [0.2, 0.25) is 0 Å². The molecule has 0 spiro atoms. The second kappa shape index (κ2) is 4.35. The van der Waals surface area contributed by atoms with Crippen LogP contribution >= 0.6 is 0 Å². The molecule has 4 nitrogen and oxygen atoms in total. The number of amides is 1. The van der Waals surface area contributed by atoms with Crippen LogP contribution in [0.25, 0.3) is 11.1 Å². The van der Waals surface area contributed by atoms with E-state index in [1.54, 1.807) is 0 Å². The lowest BCUT2D eigenvalue weighted by Crippen LogP contribution is -2.13. The number of oxazole rings is 1. The largest absolute Gasteiger partial charge is 0.423 e. The topological polar surface area (TPSA) is 55.1 Å². The number of benzene rings is 1. The van der Waals surface area contributed by atoms with Crippen molar-refractivity contribution in [3.05, 3.63) is 24.3 Å². The predicted molar refractivity (Wildman–Crippen MR) is 62.1 cm³/mol. The van der Waals surface area contributed by atoms with Gasteiger partial charge in [-0.1, -0.05) is 26.0 Å². The quantitative estimate of drug-likeness (QED) is 0.861. The summed E-state index contributed by atoms with van der Waals surface area (Å²) in [5.41, 5.74) is 1.43. The second-order valence-corrected chi connectivity index (χ2v) is 4.13. The number of rotatable bonds is 3. The standard InChI is InChI=1S/C12H14N2O2/c1-8(2)7-11(15)14-12-13-9-5-3-4-6-10(9)16-12/h3-6,8H,7H2,1-2H3,(H,13,14,15). The Morgan fingerprint density at radius 2 is 2.19 bits per heavy atom. The zero-order valence-electron chi connectivity index (χ0n) is 9.36. The fourth-order valence-electron chi connectivity index (χ4n) is 1.47. The molecule has 0 radical (unpaired) electrons. The Morgan fingerprint density at radius 1 is 1.44 bits per heavy atom. The summed E-state index contributed by atoms with van der Waals surface area (Å²) in [7, 11) is 0. The second-order valence-electron chi connectivity index (χ2n) is 4.13. The first-order chi connectivity index (χ1) is 7.65. The number of nitrogens with one attached hydrogen (secondary N) is 1. The highest BCUT2D eigenvalue weighted by Gasteiger charge is 2.09. The van der Waals surface area contributed by atoms with Crippen LogP contribution in [-0.2, 0) is 4.79 Å². The Morgan fingerprint density at radius 3 is 2.88 bits per heavy atom. The maximum Gasteiger partial charge on any atom is 0.302 e. The molecule has 0 saturated heterocycles. The summed E-state index contributed by atoms with van der Waals surface area (Å²) in [5, 5.41) is 2.65. The SMILES string of the molecule is CC(C)CC(=O)Nc1nc2ccccc2o1. The van der Waals surface area contributed by atoms with Gasteiger partial charge in [0.1, 0.15) is 5.52 Å². The number of anilines is 1. The Labute approximate surface area is 93.7 Å². The zero-order chi connectivity index (χ0) is 11.5. The van der Waals surface area contributed by atoms with Gasteiger partial charge in [0.15, 0.2) is 5.58 Å². The van der Waals surface area contributed by atoms with E-state index in [-0.39, 0.29) is 11.9 Å². The van der Waals surface area contributed by atoms with Crippen LogP contribution in [0.5, 0.6) is 0 Å². The van der Waals surface area contributed by atoms with E-state index >= 15 is 0 Å². The fraction of sp³-hybridized carbons (Fsp3) is 0.333. The first-order valence-electron chi connectivity index (χ1n) is 5.30. The van der Waals surface area contributed by atoms with E-state index in [0.717, 1.165) is 5.52 Å². The van der Waals surface area contributed by atoms with Crippen LogP contribution in [0.3, 0.4) is 0 Å². The van der Waals surface area contributed by atoms with Crippen LogP contribution in [0.4, 0.5) is 6.01 Å². The third-order valence-corrected chi connectivity index (χ3v) is 2.13. The number of aromatic nitrogens is 1. The van der Waals surface area contributed by atoms with E-state index in [1.165, 1.54) is 0 Å². The molecule has 0 aliphatic heterocycles. The zero-order valence-corrected chi connectivity index (χ0v) is 9.36. The first-order valence-corrected chi connectivity index (χ1v) is 5.30. The van der Waals surface area contributed by atoms with Gasteiger partial charge in [-0.15, -0.1) is 0 Å². The number of carbonyl (C=O) groups excluding carboxylic acids is 1. The highest BCUT2D eigenvalue weighted by Crippen LogP contribution is 2.18. The van der Waals surface area contributed by atoms with Gasteiger partial charge in [-0.05, 0) is 18.1 Å². The van der Waals surface area contributed by atoms with E-state index in [0.29, 0.717) is 17.9 Å². The van der Waals surface area contributed by atoms with Crippen LogP contribution in [0.15, 0.2) is 28.7 Å². The minimum Gasteiger partial charge on any atom is -0.423 e. The van der Waals surface area contributed by atoms with Crippen molar-refractivity contribution < 1.29 is 9.21 Å². The number of hydrogen-bond donors (Lipinski definition) is 1. The maximum atomic E-state index is 11.5. The minimum absolute atomic E-state index is 0.0680. The average molecular weight is 218 g/mol. The van der Waals surface area contributed by atoms with E-state index in [1.807, 2.05) is 38.1 Å². The average Bonchev–Trinajstić information content (AvgIpc) is 2.57. The van der Waals surface area contributed by atoms with Gasteiger partial charge < -0.3 is 4.42 Å². The Hall–Kier alpha value is -1.84. The van der Waals surface area contributed by atoms with E-state index in [2.05, 4.69) is 10.3 Å². The van der Waals surface area contributed by atoms with Gasteiger partial charge in [0.25, 0.3) is 0 Å². The summed E-state index contributed by atoms with van der Waals surface area (Å²) in [5.74, 6) is 0.255. The summed E-state index contributed by atoms with van der Waals surface area (Å²) in [6.07, 6.45) is 0.471. The molecule has 0 fully saturated rings. The number of carbonyl (C=O) groups is 1. The van der Waals surface area contributed by atoms with Gasteiger partial charge in [0, 0.05) is 6.42 Å². The molecule has 1 aromatic heterocycles. The minimum atomic E-state index is -0.0680. The fourth-order valence-corrected chi connectivity index (χ4v) is 1.47. The molecule has 1 aromatic carbocycles. The molecule has 1 amide bonds. The van der Waals surface area contributed by atoms with Crippen molar-refractivity contribution in [2.75, 3.05) is 5.32 Å². The van der Waals surface area contributed by atoms with Crippen LogP contribution in [-0.4, -0.2) is 10.9 Å². The normalized spacial score (nSPS) is 10.9. The lowest BCUT2D eigenvalue weighted by Gasteiger charge is -2.02. The number of nitrogens with zero attached hydrogens (tertiary/aromatic N) is 1. The monoisotopic (exact) mass is 218 g/mol. The summed E-state index contributed by atoms with van der Waals surface area (Å²) in [6.45, 7) is 3.98. The van der Waals surface area contributed by atoms with Crippen molar-refractivity contribution in [1.82, 2.24) is 4.98 Å². The highest BCUT2D eigenvalue weighted by molar-refractivity contribution is 5.90. The number of fused-ring (bicyclic) bond motifs is 1. The van der Waals surface area contributed by atoms with Gasteiger partial charge >= 0.3 is 6.01 Å². The molecule has 2 aromatic rings. The molecule has 1 N–H and O–H groups in total. The molecule has 1 heterocycles. The molecule has 2 rings (SSSR count). The van der Waals surface area contributed by atoms with E-state index in [4.69, 9.17) is 4.42 Å². The predicted octanol–water partition coefficient (Wildman–Crippen LogP) is 2.81. The molecule has 0 saturated carbocycles. The molecule has 4 heteroatoms. The van der Waals surface area contributed by atoms with Crippen molar-refractivity contribution in [2.24, 2.45) is 5.92 Å². The molecular formula is C12H14N2O2. The van der Waals surface area contributed by atoms with Crippen molar-refractivity contribution in [3.8, 4) is 0 Å². The van der Waals surface area contributed by atoms with Gasteiger partial charge in [-0.2, -0.15) is 4.98 Å². The number of hydrogen-bond acceptors (Lipinski definition) is 3. The molecule has 0 atom stereocenters. The summed E-state index contributed by atoms with van der Waals surface area (Å²) < 4.78 is 5.38. The van der Waals surface area contributed by atoms with Crippen LogP contribution in [0.1, 0.15) is 20.3 Å². The molecule has 0 aliphatic rings. The van der Waals surface area contributed by atoms with Crippen molar-refractivity contribution >= 4 is 23.0 Å². The van der Waals surface area contributed by atoms with Crippen molar-refractivity contribution in [2.45, 2.75) is 20.3 Å². The molecule has 84 valence electrons. The van der Waals surface area contributed by atoms with Gasteiger partial charge in [-0.3, -0.25) is 10.1 Å². The third kappa shape index (κ3) is 2.39. The molecule has 0 aliphatic carbocycles. The number of para-hydroxylation sites is 2. The summed E-state index contributed by atoms with van der Waals surface area (Å²) >= 11 is 0. The molecular weight excluding hydrogens is 204 g/mol. The summed E-state index contributed by atoms with van der Waals surface area (Å²) in [6, 6.07) is 7.68.